The molecule has 2 rings (SSSR count). The summed E-state index contributed by atoms with van der Waals surface area (Å²) in [6.45, 7) is 0. The van der Waals surface area contributed by atoms with Gasteiger partial charge >= 0.3 is 0 Å². The zero-order valence-electron chi connectivity index (χ0n) is 8.24. The quantitative estimate of drug-likeness (QED) is 0.806. The highest BCUT2D eigenvalue weighted by Crippen LogP contribution is 2.11. The summed E-state index contributed by atoms with van der Waals surface area (Å²) in [6.07, 6.45) is 9.27. The van der Waals surface area contributed by atoms with Crippen LogP contribution in [0, 0.1) is 0 Å². The number of nitrogens with zero attached hydrogens (tertiary/aromatic N) is 3. The van der Waals surface area contributed by atoms with Gasteiger partial charge in [0.2, 0.25) is 0 Å². The lowest BCUT2D eigenvalue weighted by molar-refractivity contribution is 0.690. The van der Waals surface area contributed by atoms with Gasteiger partial charge < -0.3 is 5.73 Å². The number of rotatable bonds is 3. The van der Waals surface area contributed by atoms with Gasteiger partial charge in [-0.25, -0.2) is 0 Å². The Morgan fingerprint density at radius 3 is 2.53 bits per heavy atom. The van der Waals surface area contributed by atoms with E-state index in [0.29, 0.717) is 0 Å². The Kier molecular flexibility index (Phi) is 2.99. The first-order chi connectivity index (χ1) is 7.36. The van der Waals surface area contributed by atoms with E-state index >= 15 is 0 Å². The zero-order chi connectivity index (χ0) is 10.5. The predicted octanol–water partition coefficient (Wildman–Crippen LogP) is 1.11. The number of hydrogen-bond donors (Lipinski definition) is 1. The first kappa shape index (κ1) is 9.73. The minimum absolute atomic E-state index is 0.110. The molecule has 0 spiro atoms. The van der Waals surface area contributed by atoms with Gasteiger partial charge in [0, 0.05) is 31.0 Å². The summed E-state index contributed by atoms with van der Waals surface area (Å²) < 4.78 is 0. The molecule has 15 heavy (non-hydrogen) atoms. The molecule has 1 atom stereocenters. The molecule has 2 aromatic heterocycles. The molecule has 2 N–H and O–H groups in total. The predicted molar refractivity (Wildman–Crippen MR) is 56.9 cm³/mol. The lowest BCUT2D eigenvalue weighted by Crippen LogP contribution is -2.15. The van der Waals surface area contributed by atoms with Crippen molar-refractivity contribution in [1.82, 2.24) is 15.0 Å². The van der Waals surface area contributed by atoms with Crippen LogP contribution >= 0.6 is 0 Å². The van der Waals surface area contributed by atoms with Crippen molar-refractivity contribution in [2.24, 2.45) is 5.73 Å². The van der Waals surface area contributed by atoms with Gasteiger partial charge in [0.05, 0.1) is 11.7 Å². The van der Waals surface area contributed by atoms with E-state index < -0.39 is 0 Å². The van der Waals surface area contributed by atoms with Gasteiger partial charge in [0.1, 0.15) is 0 Å². The fourth-order valence-electron chi connectivity index (χ4n) is 1.38. The van der Waals surface area contributed by atoms with E-state index in [1.54, 1.807) is 31.0 Å². The molecule has 4 nitrogen and oxygen atoms in total. The van der Waals surface area contributed by atoms with Crippen LogP contribution in [0.5, 0.6) is 0 Å². The molecule has 0 amide bonds. The largest absolute Gasteiger partial charge is 0.322 e. The Hall–Kier alpha value is -1.81. The van der Waals surface area contributed by atoms with Crippen LogP contribution in [0.2, 0.25) is 0 Å². The third-order valence-electron chi connectivity index (χ3n) is 2.17. The standard InChI is InChI=1S/C11H12N4/c12-10(11-8-14-5-6-15-11)7-9-1-3-13-4-2-9/h1-6,8,10H,7,12H2. The summed E-state index contributed by atoms with van der Waals surface area (Å²) in [6, 6.07) is 3.80. The summed E-state index contributed by atoms with van der Waals surface area (Å²) in [7, 11) is 0. The topological polar surface area (TPSA) is 64.7 Å². The summed E-state index contributed by atoms with van der Waals surface area (Å²) in [5, 5.41) is 0. The van der Waals surface area contributed by atoms with E-state index in [9.17, 15) is 0 Å². The lowest BCUT2D eigenvalue weighted by atomic mass is 10.1. The minimum atomic E-state index is -0.110. The van der Waals surface area contributed by atoms with Crippen molar-refractivity contribution in [3.63, 3.8) is 0 Å². The minimum Gasteiger partial charge on any atom is -0.322 e. The van der Waals surface area contributed by atoms with Gasteiger partial charge in [-0.15, -0.1) is 0 Å². The van der Waals surface area contributed by atoms with Crippen LogP contribution in [0.15, 0.2) is 43.1 Å². The zero-order valence-corrected chi connectivity index (χ0v) is 8.24. The highest BCUT2D eigenvalue weighted by molar-refractivity contribution is 5.14. The number of hydrogen-bond acceptors (Lipinski definition) is 4. The number of nitrogens with two attached hydrogens (primary N) is 1. The molecule has 4 heteroatoms. The average Bonchev–Trinajstić information content (AvgIpc) is 2.31. The molecule has 0 saturated heterocycles. The third kappa shape index (κ3) is 2.57. The van der Waals surface area contributed by atoms with Crippen molar-refractivity contribution in [3.05, 3.63) is 54.4 Å². The highest BCUT2D eigenvalue weighted by atomic mass is 14.8. The van der Waals surface area contributed by atoms with Crippen LogP contribution in [0.4, 0.5) is 0 Å². The molecule has 0 fully saturated rings. The van der Waals surface area contributed by atoms with E-state index in [1.165, 1.54) is 0 Å². The van der Waals surface area contributed by atoms with E-state index in [-0.39, 0.29) is 6.04 Å². The Bertz CT molecular complexity index is 401. The van der Waals surface area contributed by atoms with Crippen molar-refractivity contribution < 1.29 is 0 Å². The summed E-state index contributed by atoms with van der Waals surface area (Å²) >= 11 is 0. The van der Waals surface area contributed by atoms with Gasteiger partial charge in [-0.05, 0) is 24.1 Å². The van der Waals surface area contributed by atoms with Gasteiger partial charge in [-0.2, -0.15) is 0 Å². The van der Waals surface area contributed by atoms with Crippen LogP contribution in [-0.2, 0) is 6.42 Å². The summed E-state index contributed by atoms with van der Waals surface area (Å²) in [5.74, 6) is 0. The molecule has 2 heterocycles. The lowest BCUT2D eigenvalue weighted by Gasteiger charge is -2.09. The average molecular weight is 200 g/mol. The van der Waals surface area contributed by atoms with Crippen LogP contribution in [-0.4, -0.2) is 15.0 Å². The van der Waals surface area contributed by atoms with E-state index in [2.05, 4.69) is 15.0 Å². The number of pyridine rings is 1. The molecular weight excluding hydrogens is 188 g/mol. The summed E-state index contributed by atoms with van der Waals surface area (Å²) in [4.78, 5) is 12.1. The Balaban J connectivity index is 2.08. The van der Waals surface area contributed by atoms with Gasteiger partial charge in [-0.1, -0.05) is 0 Å². The SMILES string of the molecule is NC(Cc1ccncc1)c1cnccn1. The van der Waals surface area contributed by atoms with Crippen LogP contribution < -0.4 is 5.73 Å². The first-order valence-corrected chi connectivity index (χ1v) is 4.76. The first-order valence-electron chi connectivity index (χ1n) is 4.76. The summed E-state index contributed by atoms with van der Waals surface area (Å²) in [5.41, 5.74) is 7.97. The monoisotopic (exact) mass is 200 g/mol. The van der Waals surface area contributed by atoms with Crippen LogP contribution in [0.1, 0.15) is 17.3 Å². The van der Waals surface area contributed by atoms with E-state index in [0.717, 1.165) is 17.7 Å². The second-order valence-corrected chi connectivity index (χ2v) is 3.30. The molecule has 76 valence electrons. The Labute approximate surface area is 88.2 Å². The maximum atomic E-state index is 6.00. The Morgan fingerprint density at radius 1 is 1.07 bits per heavy atom. The van der Waals surface area contributed by atoms with Gasteiger partial charge in [0.15, 0.2) is 0 Å². The molecule has 2 aromatic rings. The molecule has 0 aliphatic rings. The van der Waals surface area contributed by atoms with Crippen molar-refractivity contribution in [2.75, 3.05) is 0 Å². The molecule has 0 radical (unpaired) electrons. The van der Waals surface area contributed by atoms with Crippen molar-refractivity contribution in [1.29, 1.82) is 0 Å². The molecule has 0 aliphatic heterocycles. The third-order valence-corrected chi connectivity index (χ3v) is 2.17. The Morgan fingerprint density at radius 2 is 1.87 bits per heavy atom. The van der Waals surface area contributed by atoms with Crippen molar-refractivity contribution in [3.8, 4) is 0 Å². The molecule has 0 bridgehead atoms. The second kappa shape index (κ2) is 4.61. The second-order valence-electron chi connectivity index (χ2n) is 3.30. The maximum absolute atomic E-state index is 6.00. The fraction of sp³-hybridized carbons (Fsp3) is 0.182. The molecular formula is C11H12N4. The molecule has 0 aromatic carbocycles. The number of aromatic nitrogens is 3. The van der Waals surface area contributed by atoms with E-state index in [1.807, 2.05) is 12.1 Å². The smallest absolute Gasteiger partial charge is 0.0757 e. The fourth-order valence-corrected chi connectivity index (χ4v) is 1.38. The normalized spacial score (nSPS) is 12.3. The molecule has 1 unspecified atom stereocenters. The van der Waals surface area contributed by atoms with Crippen molar-refractivity contribution in [2.45, 2.75) is 12.5 Å². The van der Waals surface area contributed by atoms with Crippen LogP contribution in [0.3, 0.4) is 0 Å². The highest BCUT2D eigenvalue weighted by Gasteiger charge is 2.07. The van der Waals surface area contributed by atoms with Crippen LogP contribution in [0.25, 0.3) is 0 Å². The molecule has 0 saturated carbocycles. The van der Waals surface area contributed by atoms with E-state index in [4.69, 9.17) is 5.73 Å². The maximum Gasteiger partial charge on any atom is 0.0757 e. The van der Waals surface area contributed by atoms with Gasteiger partial charge in [0.25, 0.3) is 0 Å². The van der Waals surface area contributed by atoms with Gasteiger partial charge in [-0.3, -0.25) is 15.0 Å². The van der Waals surface area contributed by atoms with Crippen molar-refractivity contribution >= 4 is 0 Å². The molecule has 0 aliphatic carbocycles.